The van der Waals surface area contributed by atoms with Gasteiger partial charge in [-0.15, -0.1) is 0 Å². The van der Waals surface area contributed by atoms with Crippen molar-refractivity contribution >= 4 is 46.3 Å². The molecule has 1 saturated heterocycles. The summed E-state index contributed by atoms with van der Waals surface area (Å²) in [7, 11) is 0. The Hall–Kier alpha value is -2.58. The van der Waals surface area contributed by atoms with Crippen LogP contribution in [0.4, 0.5) is 8.78 Å². The number of benzene rings is 2. The Morgan fingerprint density at radius 2 is 1.89 bits per heavy atom. The van der Waals surface area contributed by atoms with Gasteiger partial charge in [0.1, 0.15) is 10.4 Å². The van der Waals surface area contributed by atoms with E-state index < -0.39 is 29.6 Å². The molecule has 27 heavy (non-hydrogen) atoms. The molecule has 1 fully saturated rings. The van der Waals surface area contributed by atoms with Gasteiger partial charge in [0.25, 0.3) is 5.91 Å². The molecule has 0 aromatic heterocycles. The SMILES string of the molecule is O=C(O)C(Cc1ccccc1)N1C(=O)/C(=C/c2ccc(F)c(F)c2)SC1=S. The van der Waals surface area contributed by atoms with E-state index in [0.29, 0.717) is 0 Å². The summed E-state index contributed by atoms with van der Waals surface area (Å²) in [4.78, 5) is 25.7. The van der Waals surface area contributed by atoms with Crippen molar-refractivity contribution in [2.24, 2.45) is 0 Å². The summed E-state index contributed by atoms with van der Waals surface area (Å²) in [5.74, 6) is -3.78. The number of carboxylic acids is 1. The van der Waals surface area contributed by atoms with Gasteiger partial charge in [-0.2, -0.15) is 0 Å². The van der Waals surface area contributed by atoms with Crippen LogP contribution in [-0.4, -0.2) is 32.2 Å². The number of rotatable bonds is 5. The van der Waals surface area contributed by atoms with Gasteiger partial charge in [0.15, 0.2) is 11.6 Å². The second-order valence-electron chi connectivity index (χ2n) is 5.77. The van der Waals surface area contributed by atoms with Crippen molar-refractivity contribution in [2.75, 3.05) is 0 Å². The summed E-state index contributed by atoms with van der Waals surface area (Å²) in [6, 6.07) is 11.0. The van der Waals surface area contributed by atoms with Crippen LogP contribution >= 0.6 is 24.0 Å². The van der Waals surface area contributed by atoms with Crippen LogP contribution in [0.15, 0.2) is 53.4 Å². The quantitative estimate of drug-likeness (QED) is 0.605. The van der Waals surface area contributed by atoms with E-state index in [0.717, 1.165) is 34.4 Å². The first-order chi connectivity index (χ1) is 12.9. The lowest BCUT2D eigenvalue weighted by Crippen LogP contribution is -2.45. The topological polar surface area (TPSA) is 57.6 Å². The van der Waals surface area contributed by atoms with Crippen molar-refractivity contribution in [3.63, 3.8) is 0 Å². The van der Waals surface area contributed by atoms with Crippen LogP contribution in [0.25, 0.3) is 6.08 Å². The Kier molecular flexibility index (Phi) is 5.67. The normalized spacial score (nSPS) is 16.8. The van der Waals surface area contributed by atoms with Crippen molar-refractivity contribution in [3.05, 3.63) is 76.2 Å². The fourth-order valence-electron chi connectivity index (χ4n) is 2.63. The number of hydrogen-bond donors (Lipinski definition) is 1. The Bertz CT molecular complexity index is 947. The summed E-state index contributed by atoms with van der Waals surface area (Å²) < 4.78 is 26.5. The third-order valence-corrected chi connectivity index (χ3v) is 5.26. The fraction of sp³-hybridized carbons (Fsp3) is 0.105. The first-order valence-electron chi connectivity index (χ1n) is 7.85. The molecule has 8 heteroatoms. The van der Waals surface area contributed by atoms with E-state index in [1.807, 2.05) is 6.07 Å². The number of hydrogen-bond acceptors (Lipinski definition) is 4. The molecule has 0 aliphatic carbocycles. The molecule has 3 rings (SSSR count). The molecule has 1 unspecified atom stereocenters. The Morgan fingerprint density at radius 3 is 2.52 bits per heavy atom. The van der Waals surface area contributed by atoms with Crippen molar-refractivity contribution in [1.82, 2.24) is 4.90 Å². The molecule has 0 radical (unpaired) electrons. The molecular formula is C19H13F2NO3S2. The minimum absolute atomic E-state index is 0.0983. The maximum atomic E-state index is 13.4. The van der Waals surface area contributed by atoms with Crippen molar-refractivity contribution in [3.8, 4) is 0 Å². The highest BCUT2D eigenvalue weighted by Crippen LogP contribution is 2.34. The highest BCUT2D eigenvalue weighted by Gasteiger charge is 2.40. The molecule has 1 aliphatic heterocycles. The lowest BCUT2D eigenvalue weighted by molar-refractivity contribution is -0.145. The summed E-state index contributed by atoms with van der Waals surface area (Å²) in [5, 5.41) is 9.60. The number of thiocarbonyl (C=S) groups is 1. The molecule has 1 amide bonds. The zero-order valence-electron chi connectivity index (χ0n) is 13.8. The molecule has 1 aliphatic rings. The van der Waals surface area contributed by atoms with E-state index in [4.69, 9.17) is 12.2 Å². The first kappa shape index (κ1) is 19.2. The summed E-state index contributed by atoms with van der Waals surface area (Å²) in [6.07, 6.45) is 1.46. The second-order valence-corrected chi connectivity index (χ2v) is 7.44. The number of amides is 1. The van der Waals surface area contributed by atoms with E-state index in [9.17, 15) is 23.5 Å². The number of aliphatic carboxylic acids is 1. The average Bonchev–Trinajstić information content (AvgIpc) is 2.90. The molecule has 0 bridgehead atoms. The Labute approximate surface area is 163 Å². The molecule has 0 spiro atoms. The first-order valence-corrected chi connectivity index (χ1v) is 9.08. The molecule has 1 atom stereocenters. The maximum absolute atomic E-state index is 13.4. The number of nitrogens with zero attached hydrogens (tertiary/aromatic N) is 1. The van der Waals surface area contributed by atoms with Crippen LogP contribution in [0.5, 0.6) is 0 Å². The molecule has 138 valence electrons. The van der Waals surface area contributed by atoms with Crippen LogP contribution in [0.2, 0.25) is 0 Å². The Balaban J connectivity index is 1.88. The van der Waals surface area contributed by atoms with Gasteiger partial charge in [0, 0.05) is 6.42 Å². The lowest BCUT2D eigenvalue weighted by atomic mass is 10.0. The van der Waals surface area contributed by atoms with Crippen LogP contribution < -0.4 is 0 Å². The largest absolute Gasteiger partial charge is 0.480 e. The predicted octanol–water partition coefficient (Wildman–Crippen LogP) is 3.86. The monoisotopic (exact) mass is 405 g/mol. The van der Waals surface area contributed by atoms with E-state index in [2.05, 4.69) is 0 Å². The van der Waals surface area contributed by atoms with Crippen LogP contribution in [0.3, 0.4) is 0 Å². The Morgan fingerprint density at radius 1 is 1.19 bits per heavy atom. The van der Waals surface area contributed by atoms with E-state index in [1.54, 1.807) is 24.3 Å². The lowest BCUT2D eigenvalue weighted by Gasteiger charge is -2.23. The number of carbonyl (C=O) groups excluding carboxylic acids is 1. The molecular weight excluding hydrogens is 392 g/mol. The van der Waals surface area contributed by atoms with Crippen molar-refractivity contribution in [1.29, 1.82) is 0 Å². The summed E-state index contributed by atoms with van der Waals surface area (Å²) in [5.41, 5.74) is 1.04. The number of thioether (sulfide) groups is 1. The summed E-state index contributed by atoms with van der Waals surface area (Å²) in [6.45, 7) is 0. The zero-order chi connectivity index (χ0) is 19.6. The van der Waals surface area contributed by atoms with E-state index in [1.165, 1.54) is 12.1 Å². The summed E-state index contributed by atoms with van der Waals surface area (Å²) >= 11 is 6.13. The third kappa shape index (κ3) is 4.23. The zero-order valence-corrected chi connectivity index (χ0v) is 15.4. The molecule has 2 aromatic rings. The van der Waals surface area contributed by atoms with Gasteiger partial charge in [-0.25, -0.2) is 13.6 Å². The smallest absolute Gasteiger partial charge is 0.327 e. The molecule has 1 heterocycles. The van der Waals surface area contributed by atoms with Crippen molar-refractivity contribution < 1.29 is 23.5 Å². The van der Waals surface area contributed by atoms with Gasteiger partial charge in [-0.3, -0.25) is 9.69 Å². The van der Waals surface area contributed by atoms with Crippen LogP contribution in [0, 0.1) is 11.6 Å². The maximum Gasteiger partial charge on any atom is 0.327 e. The minimum atomic E-state index is -1.18. The standard InChI is InChI=1S/C19H13F2NO3S2/c20-13-7-6-12(8-14(13)21)10-16-17(23)22(19(26)27-16)15(18(24)25)9-11-4-2-1-3-5-11/h1-8,10,15H,9H2,(H,24,25)/b16-10-. The number of carbonyl (C=O) groups is 2. The molecule has 1 N–H and O–H groups in total. The third-order valence-electron chi connectivity index (χ3n) is 3.93. The minimum Gasteiger partial charge on any atom is -0.480 e. The highest BCUT2D eigenvalue weighted by molar-refractivity contribution is 8.26. The van der Waals surface area contributed by atoms with Gasteiger partial charge in [0.2, 0.25) is 0 Å². The fourth-order valence-corrected chi connectivity index (χ4v) is 3.99. The van der Waals surface area contributed by atoms with E-state index >= 15 is 0 Å². The number of halogens is 2. The molecule has 2 aromatic carbocycles. The van der Waals surface area contributed by atoms with E-state index in [-0.39, 0.29) is 21.2 Å². The van der Waals surface area contributed by atoms with Crippen LogP contribution in [-0.2, 0) is 16.0 Å². The van der Waals surface area contributed by atoms with Crippen LogP contribution in [0.1, 0.15) is 11.1 Å². The van der Waals surface area contributed by atoms with Gasteiger partial charge < -0.3 is 5.11 Å². The van der Waals surface area contributed by atoms with Gasteiger partial charge in [-0.1, -0.05) is 60.4 Å². The van der Waals surface area contributed by atoms with Gasteiger partial charge >= 0.3 is 5.97 Å². The van der Waals surface area contributed by atoms with Gasteiger partial charge in [0.05, 0.1) is 4.91 Å². The average molecular weight is 405 g/mol. The highest BCUT2D eigenvalue weighted by atomic mass is 32.2. The molecule has 4 nitrogen and oxygen atoms in total. The van der Waals surface area contributed by atoms with Gasteiger partial charge in [-0.05, 0) is 29.3 Å². The second kappa shape index (κ2) is 7.98. The molecule has 0 saturated carbocycles. The number of carboxylic acid groups (broad SMARTS) is 1. The predicted molar refractivity (Wildman–Crippen MR) is 103 cm³/mol. The van der Waals surface area contributed by atoms with Crippen molar-refractivity contribution in [2.45, 2.75) is 12.5 Å².